The number of amides is 1. The molecule has 0 radical (unpaired) electrons. The second kappa shape index (κ2) is 10.4. The molecule has 3 aromatic carbocycles. The number of nitrogens with one attached hydrogen (secondary N) is 1. The van der Waals surface area contributed by atoms with E-state index in [2.05, 4.69) is 33.5 Å². The van der Waals surface area contributed by atoms with Crippen molar-refractivity contribution in [3.05, 3.63) is 84.7 Å². The number of hydrogen-bond acceptors (Lipinski definition) is 5. The lowest BCUT2D eigenvalue weighted by Crippen LogP contribution is -2.30. The van der Waals surface area contributed by atoms with Crippen LogP contribution in [0.1, 0.15) is 25.3 Å². The smallest absolute Gasteiger partial charge is 0.237 e. The molecule has 33 heavy (non-hydrogen) atoms. The van der Waals surface area contributed by atoms with Gasteiger partial charge in [0, 0.05) is 24.2 Å². The van der Waals surface area contributed by atoms with Gasteiger partial charge in [-0.15, -0.1) is 0 Å². The molecule has 0 spiro atoms. The molecule has 6 heteroatoms. The van der Waals surface area contributed by atoms with E-state index in [4.69, 9.17) is 5.26 Å². The van der Waals surface area contributed by atoms with E-state index in [9.17, 15) is 4.79 Å². The molecule has 0 aliphatic rings. The Morgan fingerprint density at radius 3 is 2.61 bits per heavy atom. The Balaban J connectivity index is 1.64. The average molecular weight is 436 g/mol. The van der Waals surface area contributed by atoms with Crippen molar-refractivity contribution in [1.29, 1.82) is 5.26 Å². The summed E-state index contributed by atoms with van der Waals surface area (Å²) in [4.78, 5) is 22.9. The predicted octanol–water partition coefficient (Wildman–Crippen LogP) is 5.69. The number of nitriles is 1. The van der Waals surface area contributed by atoms with Crippen LogP contribution in [0.4, 0.5) is 11.5 Å². The van der Waals surface area contributed by atoms with Crippen LogP contribution >= 0.6 is 0 Å². The van der Waals surface area contributed by atoms with Gasteiger partial charge in [-0.2, -0.15) is 5.26 Å². The Bertz CT molecular complexity index is 1300. The zero-order valence-electron chi connectivity index (χ0n) is 18.5. The van der Waals surface area contributed by atoms with Crippen molar-refractivity contribution in [2.24, 2.45) is 0 Å². The Labute approximate surface area is 193 Å². The van der Waals surface area contributed by atoms with Gasteiger partial charge in [-0.3, -0.25) is 4.79 Å². The van der Waals surface area contributed by atoms with Crippen LogP contribution in [0.5, 0.6) is 0 Å². The van der Waals surface area contributed by atoms with Crippen molar-refractivity contribution in [1.82, 2.24) is 14.9 Å². The molecule has 0 atom stereocenters. The molecule has 0 saturated heterocycles. The second-order valence-electron chi connectivity index (χ2n) is 7.80. The van der Waals surface area contributed by atoms with Crippen molar-refractivity contribution in [3.63, 3.8) is 0 Å². The van der Waals surface area contributed by atoms with E-state index >= 15 is 0 Å². The summed E-state index contributed by atoms with van der Waals surface area (Å²) in [6.07, 6.45) is 2.31. The fraction of sp³-hybridized carbons (Fsp3) is 0.185. The summed E-state index contributed by atoms with van der Waals surface area (Å²) in [5, 5.41) is 13.2. The van der Waals surface area contributed by atoms with Crippen molar-refractivity contribution in [2.75, 3.05) is 11.9 Å². The lowest BCUT2D eigenvalue weighted by Gasteiger charge is -2.21. The van der Waals surface area contributed by atoms with Gasteiger partial charge in [-0.25, -0.2) is 9.97 Å². The summed E-state index contributed by atoms with van der Waals surface area (Å²) in [7, 11) is 0. The molecule has 0 aliphatic heterocycles. The molecule has 1 amide bonds. The maximum absolute atomic E-state index is 12.3. The van der Waals surface area contributed by atoms with Crippen LogP contribution in [0.25, 0.3) is 22.0 Å². The third-order valence-electron chi connectivity index (χ3n) is 5.38. The fourth-order valence-corrected chi connectivity index (χ4v) is 3.80. The number of carbonyl (C=O) groups excluding carboxylic acids is 1. The highest BCUT2D eigenvalue weighted by Crippen LogP contribution is 2.29. The molecule has 0 fully saturated rings. The highest BCUT2D eigenvalue weighted by Gasteiger charge is 2.13. The lowest BCUT2D eigenvalue weighted by molar-refractivity contribution is -0.130. The maximum Gasteiger partial charge on any atom is 0.237 e. The number of carbonyl (C=O) groups is 1. The van der Waals surface area contributed by atoms with Gasteiger partial charge < -0.3 is 10.2 Å². The number of benzene rings is 3. The van der Waals surface area contributed by atoms with E-state index in [1.165, 1.54) is 0 Å². The molecule has 6 nitrogen and oxygen atoms in total. The highest BCUT2D eigenvalue weighted by atomic mass is 16.2. The van der Waals surface area contributed by atoms with E-state index in [1.54, 1.807) is 11.2 Å². The van der Waals surface area contributed by atoms with Gasteiger partial charge in [-0.1, -0.05) is 49.4 Å². The summed E-state index contributed by atoms with van der Waals surface area (Å²) < 4.78 is 0. The van der Waals surface area contributed by atoms with Gasteiger partial charge in [-0.05, 0) is 53.4 Å². The Kier molecular flexibility index (Phi) is 6.91. The summed E-state index contributed by atoms with van der Waals surface area (Å²) in [6, 6.07) is 26.2. The molecule has 1 aromatic heterocycles. The number of fused-ring (bicyclic) bond motifs is 1. The molecule has 1 heterocycles. The topological polar surface area (TPSA) is 81.9 Å². The van der Waals surface area contributed by atoms with Crippen molar-refractivity contribution < 1.29 is 4.79 Å². The third-order valence-corrected chi connectivity index (χ3v) is 5.38. The van der Waals surface area contributed by atoms with E-state index in [-0.39, 0.29) is 12.3 Å². The Hall–Kier alpha value is -4.24. The number of rotatable bonds is 8. The minimum absolute atomic E-state index is 0.0957. The Morgan fingerprint density at radius 2 is 1.82 bits per heavy atom. The first-order valence-corrected chi connectivity index (χ1v) is 11.0. The molecular formula is C27H25N5O. The molecule has 0 saturated carbocycles. The summed E-state index contributed by atoms with van der Waals surface area (Å²) in [5.74, 6) is 0.615. The standard InChI is InChI=1S/C27H25N5O/c1-2-15-32(26(33)13-14-28)18-20-7-6-8-21(16-20)22-11-12-25-24(17-22)27(30-19-29-25)31-23-9-4-3-5-10-23/h3-12,16-17,19H,2,13,15,18H2,1H3,(H,29,30,31). The van der Waals surface area contributed by atoms with Crippen LogP contribution in [0.2, 0.25) is 0 Å². The first kappa shape index (κ1) is 22.0. The van der Waals surface area contributed by atoms with E-state index in [1.807, 2.05) is 67.6 Å². The number of hydrogen-bond donors (Lipinski definition) is 1. The number of anilines is 2. The molecular weight excluding hydrogens is 410 g/mol. The molecule has 0 bridgehead atoms. The predicted molar refractivity (Wildman–Crippen MR) is 131 cm³/mol. The quantitative estimate of drug-likeness (QED) is 0.384. The maximum atomic E-state index is 12.3. The molecule has 1 N–H and O–H groups in total. The van der Waals surface area contributed by atoms with Crippen LogP contribution in [0.3, 0.4) is 0 Å². The van der Waals surface area contributed by atoms with Crippen LogP contribution in [-0.4, -0.2) is 27.3 Å². The zero-order chi connectivity index (χ0) is 23.0. The average Bonchev–Trinajstić information content (AvgIpc) is 2.85. The van der Waals surface area contributed by atoms with Gasteiger partial charge in [0.15, 0.2) is 0 Å². The van der Waals surface area contributed by atoms with Gasteiger partial charge in [0.2, 0.25) is 5.91 Å². The second-order valence-corrected chi connectivity index (χ2v) is 7.80. The molecule has 0 unspecified atom stereocenters. The fourth-order valence-electron chi connectivity index (χ4n) is 3.80. The minimum Gasteiger partial charge on any atom is -0.340 e. The van der Waals surface area contributed by atoms with Crippen molar-refractivity contribution >= 4 is 28.3 Å². The van der Waals surface area contributed by atoms with Crippen molar-refractivity contribution in [3.8, 4) is 17.2 Å². The van der Waals surface area contributed by atoms with Crippen molar-refractivity contribution in [2.45, 2.75) is 26.3 Å². The number of aromatic nitrogens is 2. The van der Waals surface area contributed by atoms with Crippen LogP contribution in [0.15, 0.2) is 79.1 Å². The zero-order valence-corrected chi connectivity index (χ0v) is 18.5. The third kappa shape index (κ3) is 5.34. The van der Waals surface area contributed by atoms with Crippen LogP contribution in [-0.2, 0) is 11.3 Å². The van der Waals surface area contributed by atoms with Gasteiger partial charge in [0.1, 0.15) is 18.6 Å². The highest BCUT2D eigenvalue weighted by molar-refractivity contribution is 5.93. The Morgan fingerprint density at radius 1 is 1.00 bits per heavy atom. The van der Waals surface area contributed by atoms with Crippen LogP contribution < -0.4 is 5.32 Å². The van der Waals surface area contributed by atoms with E-state index in [0.29, 0.717) is 13.1 Å². The minimum atomic E-state index is -0.135. The van der Waals surface area contributed by atoms with E-state index in [0.717, 1.165) is 45.5 Å². The number of para-hydroxylation sites is 1. The lowest BCUT2D eigenvalue weighted by atomic mass is 10.0. The summed E-state index contributed by atoms with van der Waals surface area (Å²) >= 11 is 0. The largest absolute Gasteiger partial charge is 0.340 e. The monoisotopic (exact) mass is 435 g/mol. The summed E-state index contributed by atoms with van der Waals surface area (Å²) in [6.45, 7) is 3.15. The van der Waals surface area contributed by atoms with Crippen LogP contribution in [0, 0.1) is 11.3 Å². The first-order valence-electron chi connectivity index (χ1n) is 11.0. The normalized spacial score (nSPS) is 10.5. The van der Waals surface area contributed by atoms with E-state index < -0.39 is 0 Å². The van der Waals surface area contributed by atoms with Gasteiger partial charge in [0.05, 0.1) is 11.6 Å². The first-order chi connectivity index (χ1) is 16.2. The number of nitrogens with zero attached hydrogens (tertiary/aromatic N) is 4. The molecule has 164 valence electrons. The molecule has 0 aliphatic carbocycles. The summed E-state index contributed by atoms with van der Waals surface area (Å²) in [5.41, 5.74) is 4.94. The molecule has 4 rings (SSSR count). The van der Waals surface area contributed by atoms with Gasteiger partial charge >= 0.3 is 0 Å². The molecule has 4 aromatic rings. The SMILES string of the molecule is CCCN(Cc1cccc(-c2ccc3ncnc(Nc4ccccc4)c3c2)c1)C(=O)CC#N. The van der Waals surface area contributed by atoms with Gasteiger partial charge in [0.25, 0.3) is 0 Å².